The number of hydrogen-bond donors (Lipinski definition) is 0. The van der Waals surface area contributed by atoms with Crippen molar-refractivity contribution in [3.63, 3.8) is 0 Å². The van der Waals surface area contributed by atoms with Gasteiger partial charge in [-0.15, -0.1) is 11.6 Å². The van der Waals surface area contributed by atoms with Gasteiger partial charge in [0, 0.05) is 12.6 Å². The molecule has 84 valence electrons. The fourth-order valence-corrected chi connectivity index (χ4v) is 1.80. The van der Waals surface area contributed by atoms with Crippen molar-refractivity contribution in [2.45, 2.75) is 12.8 Å². The van der Waals surface area contributed by atoms with Crippen molar-refractivity contribution >= 4 is 11.6 Å². The molecule has 0 atom stereocenters. The maximum Gasteiger partial charge on any atom is 0.126 e. The van der Waals surface area contributed by atoms with Crippen LogP contribution in [-0.2, 0) is 12.9 Å². The minimum atomic E-state index is -0.191. The molecular weight excluding hydrogens is 227 g/mol. The van der Waals surface area contributed by atoms with Crippen molar-refractivity contribution in [1.29, 1.82) is 0 Å². The highest BCUT2D eigenvalue weighted by Crippen LogP contribution is 2.22. The zero-order valence-electron chi connectivity index (χ0n) is 9.17. The predicted molar refractivity (Wildman–Crippen MR) is 62.9 cm³/mol. The van der Waals surface area contributed by atoms with Crippen LogP contribution in [0.5, 0.6) is 0 Å². The normalized spacial score (nSPS) is 10.8. The summed E-state index contributed by atoms with van der Waals surface area (Å²) in [4.78, 5) is 0. The number of alkyl halides is 1. The van der Waals surface area contributed by atoms with Gasteiger partial charge in [0.25, 0.3) is 0 Å². The molecule has 0 bridgehead atoms. The lowest BCUT2D eigenvalue weighted by Gasteiger charge is -2.03. The highest BCUT2D eigenvalue weighted by Gasteiger charge is 2.08. The molecule has 4 heteroatoms. The summed E-state index contributed by atoms with van der Waals surface area (Å²) in [5.41, 5.74) is 3.34. The first-order valence-electron chi connectivity index (χ1n) is 4.97. The van der Waals surface area contributed by atoms with Crippen LogP contribution in [0.15, 0.2) is 24.3 Å². The number of nitrogens with zero attached hydrogens (tertiary/aromatic N) is 2. The van der Waals surface area contributed by atoms with E-state index in [0.29, 0.717) is 11.4 Å². The monoisotopic (exact) mass is 238 g/mol. The summed E-state index contributed by atoms with van der Waals surface area (Å²) in [6, 6.07) is 6.94. The van der Waals surface area contributed by atoms with Crippen molar-refractivity contribution in [3.8, 4) is 11.3 Å². The highest BCUT2D eigenvalue weighted by atomic mass is 35.5. The molecule has 0 unspecified atom stereocenters. The molecule has 2 aromatic rings. The molecule has 0 radical (unpaired) electrons. The second kappa shape index (κ2) is 4.26. The van der Waals surface area contributed by atoms with E-state index in [4.69, 9.17) is 11.6 Å². The van der Waals surface area contributed by atoms with Crippen LogP contribution in [-0.4, -0.2) is 9.78 Å². The first-order chi connectivity index (χ1) is 7.61. The zero-order valence-corrected chi connectivity index (χ0v) is 9.92. The quantitative estimate of drug-likeness (QED) is 0.735. The van der Waals surface area contributed by atoms with Crippen LogP contribution in [0.25, 0.3) is 11.3 Å². The Morgan fingerprint density at radius 3 is 2.69 bits per heavy atom. The predicted octanol–water partition coefficient (Wildman–Crippen LogP) is 3.27. The van der Waals surface area contributed by atoms with E-state index in [-0.39, 0.29) is 5.82 Å². The third-order valence-corrected chi connectivity index (χ3v) is 2.79. The smallest absolute Gasteiger partial charge is 0.126 e. The van der Waals surface area contributed by atoms with Crippen LogP contribution >= 0.6 is 11.6 Å². The summed E-state index contributed by atoms with van der Waals surface area (Å²) in [7, 11) is 1.85. The second-order valence-electron chi connectivity index (χ2n) is 3.74. The van der Waals surface area contributed by atoms with Crippen LogP contribution in [0.3, 0.4) is 0 Å². The molecule has 0 aliphatic heterocycles. The number of aromatic nitrogens is 2. The molecule has 2 rings (SSSR count). The Balaban J connectivity index is 2.49. The van der Waals surface area contributed by atoms with Gasteiger partial charge in [0.15, 0.2) is 0 Å². The maximum absolute atomic E-state index is 13.1. The van der Waals surface area contributed by atoms with Gasteiger partial charge in [-0.2, -0.15) is 5.10 Å². The van der Waals surface area contributed by atoms with Gasteiger partial charge >= 0.3 is 0 Å². The standard InChI is InChI=1S/C12H12ClFN2/c1-8-5-9(3-4-11(8)14)12-6-10(7-13)15-16(12)2/h3-6H,7H2,1-2H3. The number of rotatable bonds is 2. The largest absolute Gasteiger partial charge is 0.268 e. The number of aryl methyl sites for hydroxylation is 2. The highest BCUT2D eigenvalue weighted by molar-refractivity contribution is 6.16. The second-order valence-corrected chi connectivity index (χ2v) is 4.01. The van der Waals surface area contributed by atoms with Crippen molar-refractivity contribution in [2.24, 2.45) is 7.05 Å². The summed E-state index contributed by atoms with van der Waals surface area (Å²) in [6.45, 7) is 1.75. The minimum absolute atomic E-state index is 0.191. The van der Waals surface area contributed by atoms with E-state index >= 15 is 0 Å². The molecule has 16 heavy (non-hydrogen) atoms. The molecule has 1 aromatic carbocycles. The van der Waals surface area contributed by atoms with Gasteiger partial charge in [-0.3, -0.25) is 4.68 Å². The fourth-order valence-electron chi connectivity index (χ4n) is 1.67. The maximum atomic E-state index is 13.1. The molecule has 0 spiro atoms. The molecule has 0 amide bonds. The molecule has 0 aliphatic carbocycles. The van der Waals surface area contributed by atoms with Crippen LogP contribution < -0.4 is 0 Å². The Labute approximate surface area is 98.7 Å². The number of benzene rings is 1. The van der Waals surface area contributed by atoms with Crippen LogP contribution in [0.1, 0.15) is 11.3 Å². The van der Waals surface area contributed by atoms with Gasteiger partial charge in [0.1, 0.15) is 5.82 Å². The van der Waals surface area contributed by atoms with E-state index in [2.05, 4.69) is 5.10 Å². The molecule has 2 nitrogen and oxygen atoms in total. The number of hydrogen-bond acceptors (Lipinski definition) is 1. The van der Waals surface area contributed by atoms with Crippen molar-refractivity contribution < 1.29 is 4.39 Å². The van der Waals surface area contributed by atoms with Crippen LogP contribution in [0.4, 0.5) is 4.39 Å². The van der Waals surface area contributed by atoms with Gasteiger partial charge in [-0.1, -0.05) is 0 Å². The first kappa shape index (κ1) is 11.1. The summed E-state index contributed by atoms with van der Waals surface area (Å²) >= 11 is 5.72. The molecule has 0 fully saturated rings. The third-order valence-electron chi connectivity index (χ3n) is 2.52. The molecule has 0 saturated carbocycles. The Hall–Kier alpha value is -1.35. The molecule has 1 aromatic heterocycles. The SMILES string of the molecule is Cc1cc(-c2cc(CCl)nn2C)ccc1F. The summed E-state index contributed by atoms with van der Waals surface area (Å²) in [5, 5.41) is 4.25. The molecule has 0 aliphatic rings. The Kier molecular flexibility index (Phi) is 2.97. The van der Waals surface area contributed by atoms with Gasteiger partial charge in [-0.05, 0) is 36.8 Å². The minimum Gasteiger partial charge on any atom is -0.268 e. The summed E-state index contributed by atoms with van der Waals surface area (Å²) in [5.74, 6) is 0.192. The Morgan fingerprint density at radius 2 is 2.12 bits per heavy atom. The third kappa shape index (κ3) is 1.95. The number of halogens is 2. The van der Waals surface area contributed by atoms with E-state index in [0.717, 1.165) is 17.0 Å². The first-order valence-corrected chi connectivity index (χ1v) is 5.50. The van der Waals surface area contributed by atoms with Crippen molar-refractivity contribution in [3.05, 3.63) is 41.3 Å². The lowest BCUT2D eigenvalue weighted by molar-refractivity contribution is 0.618. The van der Waals surface area contributed by atoms with E-state index in [1.807, 2.05) is 19.2 Å². The van der Waals surface area contributed by atoms with Gasteiger partial charge in [0.05, 0.1) is 17.3 Å². The van der Waals surface area contributed by atoms with E-state index in [1.54, 1.807) is 17.7 Å². The van der Waals surface area contributed by atoms with Crippen LogP contribution in [0.2, 0.25) is 0 Å². The summed E-state index contributed by atoms with van der Waals surface area (Å²) < 4.78 is 14.9. The van der Waals surface area contributed by atoms with E-state index in [1.165, 1.54) is 6.07 Å². The Bertz CT molecular complexity index is 520. The molecular formula is C12H12ClFN2. The molecule has 0 saturated heterocycles. The fraction of sp³-hybridized carbons (Fsp3) is 0.250. The van der Waals surface area contributed by atoms with E-state index < -0.39 is 0 Å². The van der Waals surface area contributed by atoms with Crippen molar-refractivity contribution in [1.82, 2.24) is 9.78 Å². The molecule has 1 heterocycles. The van der Waals surface area contributed by atoms with Gasteiger partial charge in [-0.25, -0.2) is 4.39 Å². The lowest BCUT2D eigenvalue weighted by atomic mass is 10.1. The average molecular weight is 239 g/mol. The van der Waals surface area contributed by atoms with Crippen LogP contribution in [0, 0.1) is 12.7 Å². The van der Waals surface area contributed by atoms with Gasteiger partial charge < -0.3 is 0 Å². The topological polar surface area (TPSA) is 17.8 Å². The molecule has 0 N–H and O–H groups in total. The lowest BCUT2D eigenvalue weighted by Crippen LogP contribution is -1.94. The average Bonchev–Trinajstić information content (AvgIpc) is 2.64. The van der Waals surface area contributed by atoms with Crippen molar-refractivity contribution in [2.75, 3.05) is 0 Å². The van der Waals surface area contributed by atoms with Gasteiger partial charge in [0.2, 0.25) is 0 Å². The Morgan fingerprint density at radius 1 is 1.38 bits per heavy atom. The summed E-state index contributed by atoms with van der Waals surface area (Å²) in [6.07, 6.45) is 0. The zero-order chi connectivity index (χ0) is 11.7. The van der Waals surface area contributed by atoms with E-state index in [9.17, 15) is 4.39 Å².